The van der Waals surface area contributed by atoms with Gasteiger partial charge in [0.25, 0.3) is 0 Å². The molecule has 1 aliphatic rings. The van der Waals surface area contributed by atoms with Crippen LogP contribution in [0.1, 0.15) is 43.1 Å². The number of hydrogen-bond acceptors (Lipinski definition) is 6. The van der Waals surface area contributed by atoms with Gasteiger partial charge in [0, 0.05) is 0 Å². The van der Waals surface area contributed by atoms with E-state index in [9.17, 15) is 9.59 Å². The summed E-state index contributed by atoms with van der Waals surface area (Å²) in [7, 11) is 0. The summed E-state index contributed by atoms with van der Waals surface area (Å²) in [5.74, 6) is 0.281. The van der Waals surface area contributed by atoms with E-state index in [1.165, 1.54) is 15.2 Å². The van der Waals surface area contributed by atoms with E-state index in [2.05, 4.69) is 22.4 Å². The molecule has 7 nitrogen and oxygen atoms in total. The molecule has 49 heavy (non-hydrogen) atoms. The molecule has 0 amide bonds. The molecule has 0 aliphatic carbocycles. The molecule has 0 N–H and O–H groups in total. The summed E-state index contributed by atoms with van der Waals surface area (Å²) in [5, 5.41) is 10.2. The van der Waals surface area contributed by atoms with E-state index in [1.807, 2.05) is 42.5 Å². The summed E-state index contributed by atoms with van der Waals surface area (Å²) in [6.07, 6.45) is 1.93. The van der Waals surface area contributed by atoms with Gasteiger partial charge in [-0.3, -0.25) is 0 Å². The zero-order valence-corrected chi connectivity index (χ0v) is 29.7. The minimum absolute atomic E-state index is 0.0228. The van der Waals surface area contributed by atoms with Crippen molar-refractivity contribution in [2.24, 2.45) is 0 Å². The Morgan fingerprint density at radius 2 is 1.41 bits per heavy atom. The third-order valence-electron chi connectivity index (χ3n) is 7.92. The molecule has 7 rings (SSSR count). The predicted octanol–water partition coefficient (Wildman–Crippen LogP) is 8.02. The Labute approximate surface area is 303 Å². The van der Waals surface area contributed by atoms with Crippen LogP contribution in [0.2, 0.25) is 20.4 Å². The van der Waals surface area contributed by atoms with E-state index in [1.54, 1.807) is 54.7 Å². The van der Waals surface area contributed by atoms with Crippen molar-refractivity contribution in [1.29, 1.82) is 0 Å². The van der Waals surface area contributed by atoms with Gasteiger partial charge in [-0.15, -0.1) is 0 Å². The number of halogens is 3. The zero-order chi connectivity index (χ0) is 33.9. The molecule has 0 bridgehead atoms. The molecule has 11 heteroatoms. The Balaban J connectivity index is 1.28. The standard InChI is InChI=1S/C38H26Cl3N3O4Se/c39-31-18-33(41)34(19-32(31)40)44-20-25(42-43-44)21-47-37-28(35(45)23-10-4-1-5-11-23)17-29(36(46)24-12-6-2-7-13-24)38-30(37)16-26(48-38)22-49-27-14-8-3-9-15-27/h1-15,17-20,26H,16,21-22H2. The molecular weight excluding hydrogens is 748 g/mol. The molecule has 1 unspecified atom stereocenters. The molecule has 5 aromatic carbocycles. The second kappa shape index (κ2) is 14.6. The number of ether oxygens (including phenoxy) is 2. The van der Waals surface area contributed by atoms with Gasteiger partial charge in [-0.25, -0.2) is 0 Å². The van der Waals surface area contributed by atoms with Crippen LogP contribution >= 0.6 is 34.8 Å². The maximum absolute atomic E-state index is 14.2. The van der Waals surface area contributed by atoms with Gasteiger partial charge in [-0.05, 0) is 6.07 Å². The van der Waals surface area contributed by atoms with E-state index in [0.717, 1.165) is 5.32 Å². The Bertz CT molecular complexity index is 2160. The van der Waals surface area contributed by atoms with Crippen molar-refractivity contribution in [3.8, 4) is 17.2 Å². The van der Waals surface area contributed by atoms with Gasteiger partial charge in [0.2, 0.25) is 0 Å². The molecule has 0 saturated carbocycles. The van der Waals surface area contributed by atoms with Gasteiger partial charge in [0.05, 0.1) is 10.0 Å². The number of fused-ring (bicyclic) bond motifs is 1. The van der Waals surface area contributed by atoms with E-state index in [4.69, 9.17) is 44.3 Å². The zero-order valence-electron chi connectivity index (χ0n) is 25.7. The Morgan fingerprint density at radius 3 is 2.08 bits per heavy atom. The first kappa shape index (κ1) is 33.1. The van der Waals surface area contributed by atoms with Crippen LogP contribution in [-0.4, -0.2) is 47.6 Å². The van der Waals surface area contributed by atoms with Crippen molar-refractivity contribution in [2.75, 3.05) is 0 Å². The third-order valence-corrected chi connectivity index (χ3v) is 11.3. The van der Waals surface area contributed by atoms with Gasteiger partial charge in [-0.1, -0.05) is 34.8 Å². The summed E-state index contributed by atoms with van der Waals surface area (Å²) >= 11 is 18.9. The Hall–Kier alpha value is -4.43. The second-order valence-corrected chi connectivity index (χ2v) is 14.7. The number of nitrogens with zero attached hydrogens (tertiary/aromatic N) is 3. The van der Waals surface area contributed by atoms with Crippen LogP contribution in [0.4, 0.5) is 0 Å². The fourth-order valence-electron chi connectivity index (χ4n) is 5.57. The number of benzene rings is 5. The molecule has 6 aromatic rings. The fraction of sp³-hybridized carbons (Fsp3) is 0.105. The van der Waals surface area contributed by atoms with E-state index in [0.29, 0.717) is 66.6 Å². The van der Waals surface area contributed by atoms with Gasteiger partial charge in [-0.2, -0.15) is 0 Å². The minimum atomic E-state index is -0.274. The van der Waals surface area contributed by atoms with Crippen LogP contribution < -0.4 is 13.9 Å². The maximum atomic E-state index is 14.2. The summed E-state index contributed by atoms with van der Waals surface area (Å²) in [5.41, 5.74) is 3.19. The van der Waals surface area contributed by atoms with Crippen molar-refractivity contribution in [3.05, 3.63) is 164 Å². The molecule has 0 fully saturated rings. The molecule has 2 heterocycles. The Kier molecular flexibility index (Phi) is 9.85. The van der Waals surface area contributed by atoms with E-state index < -0.39 is 0 Å². The van der Waals surface area contributed by atoms with Crippen LogP contribution in [0.5, 0.6) is 11.5 Å². The SMILES string of the molecule is O=C(c1ccccc1)c1cc(C(=O)c2ccccc2)c2c(c1OCc1cn(-c3cc(Cl)c(Cl)cc3Cl)nn1)CC(C[Se]c1ccccc1)O2. The van der Waals surface area contributed by atoms with Gasteiger partial charge >= 0.3 is 255 Å². The summed E-state index contributed by atoms with van der Waals surface area (Å²) in [6, 6.07) is 32.9. The van der Waals surface area contributed by atoms with Gasteiger partial charge in [0.15, 0.2) is 0 Å². The first-order valence-electron chi connectivity index (χ1n) is 15.3. The van der Waals surface area contributed by atoms with Crippen LogP contribution in [0, 0.1) is 0 Å². The summed E-state index contributed by atoms with van der Waals surface area (Å²) in [6.45, 7) is -0.0228. The van der Waals surface area contributed by atoms with Crippen LogP contribution in [0.25, 0.3) is 5.69 Å². The predicted molar refractivity (Wildman–Crippen MR) is 192 cm³/mol. The average Bonchev–Trinajstić information content (AvgIpc) is 3.79. The fourth-order valence-corrected chi connectivity index (χ4v) is 8.11. The monoisotopic (exact) mass is 773 g/mol. The number of aromatic nitrogens is 3. The molecule has 1 aromatic heterocycles. The third kappa shape index (κ3) is 7.16. The topological polar surface area (TPSA) is 83.3 Å². The van der Waals surface area contributed by atoms with E-state index >= 15 is 0 Å². The van der Waals surface area contributed by atoms with Crippen LogP contribution in [0.15, 0.2) is 115 Å². The normalized spacial score (nSPS) is 13.5. The first-order valence-corrected chi connectivity index (χ1v) is 18.5. The number of carbonyl (C=O) groups excluding carboxylic acids is 2. The van der Waals surface area contributed by atoms with E-state index in [-0.39, 0.29) is 44.8 Å². The molecule has 244 valence electrons. The van der Waals surface area contributed by atoms with Crippen LogP contribution in [0.3, 0.4) is 0 Å². The molecule has 1 atom stereocenters. The molecule has 0 spiro atoms. The van der Waals surface area contributed by atoms with Gasteiger partial charge < -0.3 is 0 Å². The molecular formula is C38H26Cl3N3O4Se. The molecule has 1 aliphatic heterocycles. The van der Waals surface area contributed by atoms with Gasteiger partial charge in [0.1, 0.15) is 0 Å². The molecule has 0 radical (unpaired) electrons. The van der Waals surface area contributed by atoms with Crippen molar-refractivity contribution in [3.63, 3.8) is 0 Å². The second-order valence-electron chi connectivity index (χ2n) is 11.2. The Morgan fingerprint density at radius 1 is 0.796 bits per heavy atom. The number of hydrogen-bond donors (Lipinski definition) is 0. The van der Waals surface area contributed by atoms with Crippen molar-refractivity contribution in [2.45, 2.75) is 24.5 Å². The number of rotatable bonds is 11. The van der Waals surface area contributed by atoms with Crippen molar-refractivity contribution in [1.82, 2.24) is 15.0 Å². The quantitative estimate of drug-likeness (QED) is 0.0754. The molecule has 0 saturated heterocycles. The first-order chi connectivity index (χ1) is 23.9. The van der Waals surface area contributed by atoms with Crippen LogP contribution in [-0.2, 0) is 13.0 Å². The number of carbonyl (C=O) groups is 2. The van der Waals surface area contributed by atoms with Crippen molar-refractivity contribution < 1.29 is 19.1 Å². The summed E-state index contributed by atoms with van der Waals surface area (Å²) in [4.78, 5) is 28.2. The van der Waals surface area contributed by atoms with Crippen molar-refractivity contribution >= 4 is 65.8 Å². The average molecular weight is 774 g/mol. The summed E-state index contributed by atoms with van der Waals surface area (Å²) < 4.78 is 15.8. The number of ketones is 2.